The van der Waals surface area contributed by atoms with Gasteiger partial charge < -0.3 is 14.8 Å². The molecule has 0 radical (unpaired) electrons. The Balaban J connectivity index is 1.83. The summed E-state index contributed by atoms with van der Waals surface area (Å²) in [5.41, 5.74) is 0.911. The van der Waals surface area contributed by atoms with E-state index in [2.05, 4.69) is 21.2 Å². The molecule has 5 heteroatoms. The van der Waals surface area contributed by atoms with Crippen LogP contribution in [0.4, 0.5) is 0 Å². The summed E-state index contributed by atoms with van der Waals surface area (Å²) in [4.78, 5) is 12.0. The van der Waals surface area contributed by atoms with Crippen molar-refractivity contribution in [1.29, 1.82) is 0 Å². The van der Waals surface area contributed by atoms with Gasteiger partial charge in [-0.2, -0.15) is 0 Å². The van der Waals surface area contributed by atoms with Gasteiger partial charge in [0.2, 0.25) is 0 Å². The highest BCUT2D eigenvalue weighted by Gasteiger charge is 2.30. The van der Waals surface area contributed by atoms with E-state index >= 15 is 0 Å². The molecular formula is C16H22BrNO3. The van der Waals surface area contributed by atoms with Crippen LogP contribution in [0.25, 0.3) is 0 Å². The molecule has 1 amide bonds. The first kappa shape index (κ1) is 16.5. The van der Waals surface area contributed by atoms with Crippen LogP contribution in [0.5, 0.6) is 0 Å². The molecule has 1 aliphatic heterocycles. The zero-order valence-corrected chi connectivity index (χ0v) is 14.3. The lowest BCUT2D eigenvalue weighted by Crippen LogP contribution is -2.53. The molecule has 116 valence electrons. The molecule has 0 aromatic heterocycles. The van der Waals surface area contributed by atoms with E-state index in [-0.39, 0.29) is 17.6 Å². The minimum Gasteiger partial charge on any atom is -0.373 e. The number of carbonyl (C=O) groups excluding carboxylic acids is 1. The predicted octanol–water partition coefficient (Wildman–Crippen LogP) is 2.69. The standard InChI is InChI=1S/C16H22BrNO3/c1-16(2,3)21-10-14-15(19)18-13(9-20-14)8-11-4-6-12(17)7-5-11/h4-7,13-14H,8-10H2,1-3H3,(H,18,19). The van der Waals surface area contributed by atoms with Crippen molar-refractivity contribution in [3.63, 3.8) is 0 Å². The van der Waals surface area contributed by atoms with Gasteiger partial charge in [0.25, 0.3) is 5.91 Å². The lowest BCUT2D eigenvalue weighted by molar-refractivity contribution is -0.150. The fraction of sp³-hybridized carbons (Fsp3) is 0.562. The van der Waals surface area contributed by atoms with Crippen LogP contribution in [0.15, 0.2) is 28.7 Å². The molecule has 1 aromatic rings. The van der Waals surface area contributed by atoms with E-state index in [1.807, 2.05) is 45.0 Å². The molecule has 1 saturated heterocycles. The van der Waals surface area contributed by atoms with Crippen LogP contribution in [0.2, 0.25) is 0 Å². The molecule has 0 saturated carbocycles. The summed E-state index contributed by atoms with van der Waals surface area (Å²) in [6, 6.07) is 8.11. The fourth-order valence-electron chi connectivity index (χ4n) is 2.11. The molecule has 1 aliphatic rings. The SMILES string of the molecule is CC(C)(C)OCC1OCC(Cc2ccc(Br)cc2)NC1=O. The Morgan fingerprint density at radius 2 is 2.00 bits per heavy atom. The summed E-state index contributed by atoms with van der Waals surface area (Å²) < 4.78 is 12.3. The molecule has 1 heterocycles. The number of carbonyl (C=O) groups is 1. The van der Waals surface area contributed by atoms with E-state index in [4.69, 9.17) is 9.47 Å². The molecule has 4 nitrogen and oxygen atoms in total. The number of hydrogen-bond donors (Lipinski definition) is 1. The van der Waals surface area contributed by atoms with E-state index in [0.717, 1.165) is 10.9 Å². The van der Waals surface area contributed by atoms with Crippen molar-refractivity contribution in [3.8, 4) is 0 Å². The summed E-state index contributed by atoms with van der Waals surface area (Å²) in [5, 5.41) is 3.01. The highest BCUT2D eigenvalue weighted by Crippen LogP contribution is 2.15. The maximum absolute atomic E-state index is 12.0. The van der Waals surface area contributed by atoms with Crippen molar-refractivity contribution in [2.45, 2.75) is 44.9 Å². The number of morpholine rings is 1. The Kier molecular flexibility index (Phi) is 5.41. The van der Waals surface area contributed by atoms with E-state index in [9.17, 15) is 4.79 Å². The molecule has 2 unspecified atom stereocenters. The van der Waals surface area contributed by atoms with Crippen LogP contribution < -0.4 is 5.32 Å². The van der Waals surface area contributed by atoms with Crippen molar-refractivity contribution in [3.05, 3.63) is 34.3 Å². The molecule has 1 fully saturated rings. The highest BCUT2D eigenvalue weighted by molar-refractivity contribution is 9.10. The Labute approximate surface area is 134 Å². The van der Waals surface area contributed by atoms with Gasteiger partial charge in [0.1, 0.15) is 0 Å². The maximum atomic E-state index is 12.0. The number of benzene rings is 1. The number of rotatable bonds is 4. The topological polar surface area (TPSA) is 47.6 Å². The van der Waals surface area contributed by atoms with Crippen LogP contribution in [-0.2, 0) is 20.7 Å². The Morgan fingerprint density at radius 3 is 2.57 bits per heavy atom. The van der Waals surface area contributed by atoms with Gasteiger partial charge in [-0.15, -0.1) is 0 Å². The quantitative estimate of drug-likeness (QED) is 0.903. The van der Waals surface area contributed by atoms with Crippen molar-refractivity contribution >= 4 is 21.8 Å². The predicted molar refractivity (Wildman–Crippen MR) is 85.2 cm³/mol. The van der Waals surface area contributed by atoms with Gasteiger partial charge in [-0.3, -0.25) is 4.79 Å². The maximum Gasteiger partial charge on any atom is 0.251 e. The molecule has 21 heavy (non-hydrogen) atoms. The third kappa shape index (κ3) is 5.41. The summed E-state index contributed by atoms with van der Waals surface area (Å²) in [6.45, 7) is 6.69. The molecule has 0 aliphatic carbocycles. The van der Waals surface area contributed by atoms with Gasteiger partial charge in [0.15, 0.2) is 6.10 Å². The first-order valence-corrected chi connectivity index (χ1v) is 7.93. The van der Waals surface area contributed by atoms with E-state index in [1.165, 1.54) is 5.56 Å². The average molecular weight is 356 g/mol. The van der Waals surface area contributed by atoms with Crippen molar-refractivity contribution in [2.24, 2.45) is 0 Å². The van der Waals surface area contributed by atoms with Crippen LogP contribution in [0.1, 0.15) is 26.3 Å². The lowest BCUT2D eigenvalue weighted by Gasteiger charge is -2.31. The van der Waals surface area contributed by atoms with Gasteiger partial charge in [-0.05, 0) is 44.9 Å². The first-order chi connectivity index (χ1) is 9.83. The summed E-state index contributed by atoms with van der Waals surface area (Å²) >= 11 is 3.41. The second-order valence-corrected chi connectivity index (χ2v) is 7.20. The summed E-state index contributed by atoms with van der Waals surface area (Å²) in [5.74, 6) is -0.0902. The zero-order valence-electron chi connectivity index (χ0n) is 12.7. The lowest BCUT2D eigenvalue weighted by atomic mass is 10.1. The van der Waals surface area contributed by atoms with Crippen LogP contribution >= 0.6 is 15.9 Å². The Hall–Kier alpha value is -0.910. The smallest absolute Gasteiger partial charge is 0.251 e. The molecule has 0 spiro atoms. The Morgan fingerprint density at radius 1 is 1.33 bits per heavy atom. The molecule has 2 rings (SSSR count). The fourth-order valence-corrected chi connectivity index (χ4v) is 2.37. The molecular weight excluding hydrogens is 334 g/mol. The van der Waals surface area contributed by atoms with Crippen LogP contribution in [-0.4, -0.2) is 36.9 Å². The summed E-state index contributed by atoms with van der Waals surface area (Å²) in [6.07, 6.45) is 0.261. The van der Waals surface area contributed by atoms with E-state index in [1.54, 1.807) is 0 Å². The van der Waals surface area contributed by atoms with Gasteiger partial charge in [-0.25, -0.2) is 0 Å². The highest BCUT2D eigenvalue weighted by atomic mass is 79.9. The minimum absolute atomic E-state index is 0.0181. The van der Waals surface area contributed by atoms with Crippen molar-refractivity contribution in [1.82, 2.24) is 5.32 Å². The van der Waals surface area contributed by atoms with Gasteiger partial charge >= 0.3 is 0 Å². The van der Waals surface area contributed by atoms with Crippen molar-refractivity contribution in [2.75, 3.05) is 13.2 Å². The zero-order chi connectivity index (χ0) is 15.5. The molecule has 1 N–H and O–H groups in total. The van der Waals surface area contributed by atoms with Gasteiger partial charge in [0, 0.05) is 4.47 Å². The van der Waals surface area contributed by atoms with Gasteiger partial charge in [-0.1, -0.05) is 28.1 Å². The number of nitrogens with one attached hydrogen (secondary N) is 1. The van der Waals surface area contributed by atoms with E-state index < -0.39 is 6.10 Å². The molecule has 2 atom stereocenters. The minimum atomic E-state index is -0.509. The van der Waals surface area contributed by atoms with Crippen molar-refractivity contribution < 1.29 is 14.3 Å². The van der Waals surface area contributed by atoms with Gasteiger partial charge in [0.05, 0.1) is 24.9 Å². The molecule has 0 bridgehead atoms. The third-order valence-corrected chi connectivity index (χ3v) is 3.73. The second-order valence-electron chi connectivity index (χ2n) is 6.28. The second kappa shape index (κ2) is 6.90. The van der Waals surface area contributed by atoms with E-state index in [0.29, 0.717) is 13.2 Å². The molecule has 1 aromatic carbocycles. The number of amides is 1. The van der Waals surface area contributed by atoms with Crippen LogP contribution in [0, 0.1) is 0 Å². The normalized spacial score (nSPS) is 23.0. The monoisotopic (exact) mass is 355 g/mol. The van der Waals surface area contributed by atoms with Crippen LogP contribution in [0.3, 0.4) is 0 Å². The first-order valence-electron chi connectivity index (χ1n) is 7.14. The third-order valence-electron chi connectivity index (χ3n) is 3.20. The average Bonchev–Trinajstić information content (AvgIpc) is 2.39. The number of halogens is 1. The summed E-state index contributed by atoms with van der Waals surface area (Å²) in [7, 11) is 0. The number of ether oxygens (including phenoxy) is 2. The largest absolute Gasteiger partial charge is 0.373 e. The number of hydrogen-bond acceptors (Lipinski definition) is 3. The Bertz CT molecular complexity index is 481.